The minimum absolute atomic E-state index is 0.112. The molecule has 0 bridgehead atoms. The van der Waals surface area contributed by atoms with Crippen molar-refractivity contribution in [2.45, 2.75) is 26.7 Å². The number of hydrogen-bond donors (Lipinski definition) is 1. The average Bonchev–Trinajstić information content (AvgIpc) is 2.55. The van der Waals surface area contributed by atoms with E-state index in [2.05, 4.69) is 19.2 Å². The summed E-state index contributed by atoms with van der Waals surface area (Å²) in [6.07, 6.45) is 0. The van der Waals surface area contributed by atoms with Crippen molar-refractivity contribution >= 4 is 46.4 Å². The first kappa shape index (κ1) is 19.3. The summed E-state index contributed by atoms with van der Waals surface area (Å²) in [5.41, 5.74) is 2.40. The van der Waals surface area contributed by atoms with E-state index < -0.39 is 0 Å². The standard InChI is InChI=1S/C19H20Cl2N2O2/c1-12(2)14-4-6-15(7-5-14)22-19(25)11-23(13(3)24)16-8-9-17(20)18(21)10-16/h4-10,12H,11H2,1-3H3,(H,22,25). The molecule has 0 aromatic heterocycles. The smallest absolute Gasteiger partial charge is 0.244 e. The van der Waals surface area contributed by atoms with Gasteiger partial charge in [0.05, 0.1) is 10.0 Å². The van der Waals surface area contributed by atoms with Crippen LogP contribution in [0.4, 0.5) is 11.4 Å². The molecule has 0 aliphatic rings. The van der Waals surface area contributed by atoms with E-state index in [1.54, 1.807) is 18.2 Å². The lowest BCUT2D eigenvalue weighted by Crippen LogP contribution is -2.36. The SMILES string of the molecule is CC(=O)N(CC(=O)Nc1ccc(C(C)C)cc1)c1ccc(Cl)c(Cl)c1. The maximum absolute atomic E-state index is 12.3. The molecule has 0 aliphatic heterocycles. The van der Waals surface area contributed by atoms with Gasteiger partial charge in [-0.2, -0.15) is 0 Å². The van der Waals surface area contributed by atoms with Crippen molar-refractivity contribution in [1.29, 1.82) is 0 Å². The third kappa shape index (κ3) is 5.21. The minimum Gasteiger partial charge on any atom is -0.325 e. The highest BCUT2D eigenvalue weighted by atomic mass is 35.5. The van der Waals surface area contributed by atoms with Crippen molar-refractivity contribution < 1.29 is 9.59 Å². The van der Waals surface area contributed by atoms with Crippen LogP contribution in [0.5, 0.6) is 0 Å². The highest BCUT2D eigenvalue weighted by Gasteiger charge is 2.17. The molecule has 2 amide bonds. The normalized spacial score (nSPS) is 10.6. The van der Waals surface area contributed by atoms with Gasteiger partial charge in [0, 0.05) is 18.3 Å². The summed E-state index contributed by atoms with van der Waals surface area (Å²) in [5, 5.41) is 3.52. The van der Waals surface area contributed by atoms with Gasteiger partial charge in [-0.15, -0.1) is 0 Å². The Morgan fingerprint density at radius 2 is 1.68 bits per heavy atom. The van der Waals surface area contributed by atoms with Crippen LogP contribution in [0.25, 0.3) is 0 Å². The molecule has 0 heterocycles. The van der Waals surface area contributed by atoms with E-state index in [4.69, 9.17) is 23.2 Å². The van der Waals surface area contributed by atoms with E-state index in [0.29, 0.717) is 27.3 Å². The Hall–Kier alpha value is -2.04. The molecule has 25 heavy (non-hydrogen) atoms. The lowest BCUT2D eigenvalue weighted by atomic mass is 10.0. The van der Waals surface area contributed by atoms with Gasteiger partial charge in [0.15, 0.2) is 0 Å². The Balaban J connectivity index is 2.09. The molecule has 2 rings (SSSR count). The predicted octanol–water partition coefficient (Wildman–Crippen LogP) is 5.11. The van der Waals surface area contributed by atoms with Gasteiger partial charge in [-0.1, -0.05) is 49.2 Å². The molecule has 1 N–H and O–H groups in total. The minimum atomic E-state index is -0.293. The zero-order chi connectivity index (χ0) is 18.6. The Morgan fingerprint density at radius 3 is 2.20 bits per heavy atom. The van der Waals surface area contributed by atoms with Crippen LogP contribution in [0.1, 0.15) is 32.3 Å². The van der Waals surface area contributed by atoms with Gasteiger partial charge in [-0.25, -0.2) is 0 Å². The Kier molecular flexibility index (Phi) is 6.45. The summed E-state index contributed by atoms with van der Waals surface area (Å²) in [7, 11) is 0. The number of hydrogen-bond acceptors (Lipinski definition) is 2. The Morgan fingerprint density at radius 1 is 1.04 bits per heavy atom. The molecular formula is C19H20Cl2N2O2. The van der Waals surface area contributed by atoms with Gasteiger partial charge in [-0.05, 0) is 41.8 Å². The van der Waals surface area contributed by atoms with E-state index in [-0.39, 0.29) is 18.4 Å². The second-order valence-corrected chi connectivity index (χ2v) is 6.84. The zero-order valence-corrected chi connectivity index (χ0v) is 15.9. The van der Waals surface area contributed by atoms with Crippen LogP contribution in [0.2, 0.25) is 10.0 Å². The molecule has 132 valence electrons. The number of anilines is 2. The molecule has 6 heteroatoms. The molecular weight excluding hydrogens is 359 g/mol. The molecule has 0 unspecified atom stereocenters. The first-order valence-corrected chi connectivity index (χ1v) is 8.66. The quantitative estimate of drug-likeness (QED) is 0.785. The fraction of sp³-hybridized carbons (Fsp3) is 0.263. The van der Waals surface area contributed by atoms with Crippen molar-refractivity contribution in [3.05, 3.63) is 58.1 Å². The lowest BCUT2D eigenvalue weighted by molar-refractivity contribution is -0.120. The summed E-state index contributed by atoms with van der Waals surface area (Å²) < 4.78 is 0. The lowest BCUT2D eigenvalue weighted by Gasteiger charge is -2.21. The maximum Gasteiger partial charge on any atom is 0.244 e. The molecule has 0 atom stereocenters. The van der Waals surface area contributed by atoms with Gasteiger partial charge in [-0.3, -0.25) is 9.59 Å². The number of nitrogens with one attached hydrogen (secondary N) is 1. The molecule has 2 aromatic rings. The average molecular weight is 379 g/mol. The largest absolute Gasteiger partial charge is 0.325 e. The van der Waals surface area contributed by atoms with Crippen LogP contribution in [0, 0.1) is 0 Å². The first-order valence-electron chi connectivity index (χ1n) is 7.91. The fourth-order valence-corrected chi connectivity index (χ4v) is 2.63. The van der Waals surface area contributed by atoms with Gasteiger partial charge < -0.3 is 10.2 Å². The summed E-state index contributed by atoms with van der Waals surface area (Å²) >= 11 is 11.9. The van der Waals surface area contributed by atoms with Crippen LogP contribution in [0.15, 0.2) is 42.5 Å². The molecule has 0 saturated heterocycles. The summed E-state index contributed by atoms with van der Waals surface area (Å²) in [6.45, 7) is 5.50. The van der Waals surface area contributed by atoms with Crippen molar-refractivity contribution in [3.63, 3.8) is 0 Å². The van der Waals surface area contributed by atoms with E-state index in [0.717, 1.165) is 0 Å². The number of benzene rings is 2. The van der Waals surface area contributed by atoms with Crippen LogP contribution in [0.3, 0.4) is 0 Å². The number of rotatable bonds is 5. The topological polar surface area (TPSA) is 49.4 Å². The fourth-order valence-electron chi connectivity index (χ4n) is 2.33. The van der Waals surface area contributed by atoms with E-state index in [1.807, 2.05) is 24.3 Å². The van der Waals surface area contributed by atoms with Crippen molar-refractivity contribution in [2.24, 2.45) is 0 Å². The van der Waals surface area contributed by atoms with Gasteiger partial charge in [0.2, 0.25) is 11.8 Å². The predicted molar refractivity (Wildman–Crippen MR) is 104 cm³/mol. The highest BCUT2D eigenvalue weighted by molar-refractivity contribution is 6.42. The first-order chi connectivity index (χ1) is 11.8. The van der Waals surface area contributed by atoms with Gasteiger partial charge in [0.25, 0.3) is 0 Å². The van der Waals surface area contributed by atoms with Crippen molar-refractivity contribution in [3.8, 4) is 0 Å². The van der Waals surface area contributed by atoms with Crippen LogP contribution >= 0.6 is 23.2 Å². The number of carbonyl (C=O) groups excluding carboxylic acids is 2. The van der Waals surface area contributed by atoms with Crippen molar-refractivity contribution in [2.75, 3.05) is 16.8 Å². The van der Waals surface area contributed by atoms with Crippen LogP contribution in [-0.2, 0) is 9.59 Å². The molecule has 0 fully saturated rings. The maximum atomic E-state index is 12.3. The summed E-state index contributed by atoms with van der Waals surface area (Å²) in [6, 6.07) is 12.5. The van der Waals surface area contributed by atoms with Gasteiger partial charge >= 0.3 is 0 Å². The monoisotopic (exact) mass is 378 g/mol. The third-order valence-electron chi connectivity index (χ3n) is 3.76. The Labute approximate surface area is 157 Å². The number of halogens is 2. The molecule has 0 spiro atoms. The van der Waals surface area contributed by atoms with E-state index >= 15 is 0 Å². The van der Waals surface area contributed by atoms with Crippen LogP contribution < -0.4 is 10.2 Å². The zero-order valence-electron chi connectivity index (χ0n) is 14.3. The molecule has 2 aromatic carbocycles. The van der Waals surface area contributed by atoms with Crippen LogP contribution in [-0.4, -0.2) is 18.4 Å². The summed E-state index contributed by atoms with van der Waals surface area (Å²) in [5.74, 6) is -0.130. The second-order valence-electron chi connectivity index (χ2n) is 6.03. The highest BCUT2D eigenvalue weighted by Crippen LogP contribution is 2.27. The number of carbonyl (C=O) groups is 2. The summed E-state index contributed by atoms with van der Waals surface area (Å²) in [4.78, 5) is 25.6. The number of nitrogens with zero attached hydrogens (tertiary/aromatic N) is 1. The third-order valence-corrected chi connectivity index (χ3v) is 4.50. The molecule has 0 radical (unpaired) electrons. The second kappa shape index (κ2) is 8.37. The number of amides is 2. The molecule has 0 aliphatic carbocycles. The van der Waals surface area contributed by atoms with Gasteiger partial charge in [0.1, 0.15) is 6.54 Å². The molecule has 0 saturated carbocycles. The van der Waals surface area contributed by atoms with E-state index in [9.17, 15) is 9.59 Å². The Bertz CT molecular complexity index is 773. The van der Waals surface area contributed by atoms with Crippen molar-refractivity contribution in [1.82, 2.24) is 0 Å². The van der Waals surface area contributed by atoms with E-state index in [1.165, 1.54) is 17.4 Å². The molecule has 4 nitrogen and oxygen atoms in total.